The fourth-order valence-electron chi connectivity index (χ4n) is 1.47. The van der Waals surface area contributed by atoms with Crippen molar-refractivity contribution in [3.8, 4) is 0 Å². The first kappa shape index (κ1) is 11.8. The molecule has 0 fully saturated rings. The normalized spacial score (nSPS) is 32.3. The largest absolute Gasteiger partial charge is 0.491 e. The molecule has 1 rings (SSSR count). The van der Waals surface area contributed by atoms with E-state index in [0.717, 1.165) is 0 Å². The molecule has 0 aliphatic carbocycles. The van der Waals surface area contributed by atoms with E-state index in [4.69, 9.17) is 30.5 Å². The van der Waals surface area contributed by atoms with Gasteiger partial charge in [-0.15, -0.1) is 0 Å². The third kappa shape index (κ3) is 2.39. The van der Waals surface area contributed by atoms with Gasteiger partial charge in [0.25, 0.3) is 0 Å². The van der Waals surface area contributed by atoms with Crippen molar-refractivity contribution < 1.29 is 18.9 Å². The maximum Gasteiger partial charge on any atom is 0.150 e. The minimum Gasteiger partial charge on any atom is -0.491 e. The Balaban J connectivity index is 2.72. The lowest BCUT2D eigenvalue weighted by Crippen LogP contribution is -2.46. The van der Waals surface area contributed by atoms with Gasteiger partial charge in [0, 0.05) is 21.3 Å². The Hall–Kier alpha value is -0.290. The topological polar surface area (TPSA) is 36.9 Å². The number of halogens is 1. The fraction of sp³-hybridized carbons (Fsp3) is 0.778. The molecular formula is C9H15ClO4. The average molecular weight is 223 g/mol. The van der Waals surface area contributed by atoms with Crippen molar-refractivity contribution in [3.05, 3.63) is 11.3 Å². The van der Waals surface area contributed by atoms with Crippen LogP contribution in [-0.2, 0) is 18.9 Å². The minimum atomic E-state index is -0.282. The lowest BCUT2D eigenvalue weighted by atomic mass is 10.1. The quantitative estimate of drug-likeness (QED) is 0.715. The van der Waals surface area contributed by atoms with Gasteiger partial charge in [-0.2, -0.15) is 0 Å². The van der Waals surface area contributed by atoms with Crippen molar-refractivity contribution in [3.63, 3.8) is 0 Å². The van der Waals surface area contributed by atoms with Gasteiger partial charge in [0.15, 0.2) is 0 Å². The van der Waals surface area contributed by atoms with Crippen LogP contribution in [0.25, 0.3) is 0 Å². The summed E-state index contributed by atoms with van der Waals surface area (Å²) in [4.78, 5) is 0. The smallest absolute Gasteiger partial charge is 0.150 e. The third-order valence-electron chi connectivity index (χ3n) is 2.15. The van der Waals surface area contributed by atoms with Crippen molar-refractivity contribution in [1.29, 1.82) is 0 Å². The van der Waals surface area contributed by atoms with Crippen LogP contribution in [0.15, 0.2) is 11.3 Å². The highest BCUT2D eigenvalue weighted by Crippen LogP contribution is 2.26. The minimum absolute atomic E-state index is 0.183. The highest BCUT2D eigenvalue weighted by Gasteiger charge is 2.36. The Morgan fingerprint density at radius 3 is 2.57 bits per heavy atom. The van der Waals surface area contributed by atoms with Crippen LogP contribution in [0.3, 0.4) is 0 Å². The van der Waals surface area contributed by atoms with Crippen LogP contribution in [-0.4, -0.2) is 46.2 Å². The summed E-state index contributed by atoms with van der Waals surface area (Å²) >= 11 is 5.91. The highest BCUT2D eigenvalue weighted by atomic mass is 35.5. The molecule has 0 saturated heterocycles. The molecule has 3 atom stereocenters. The Kier molecular flexibility index (Phi) is 4.68. The van der Waals surface area contributed by atoms with Gasteiger partial charge < -0.3 is 18.9 Å². The van der Waals surface area contributed by atoms with E-state index >= 15 is 0 Å². The summed E-state index contributed by atoms with van der Waals surface area (Å²) in [6, 6.07) is 0. The molecule has 0 bridgehead atoms. The average Bonchev–Trinajstić information content (AvgIpc) is 2.20. The Bertz CT molecular complexity index is 207. The summed E-state index contributed by atoms with van der Waals surface area (Å²) in [5.41, 5.74) is 0. The molecule has 0 N–H and O–H groups in total. The molecule has 5 heteroatoms. The molecule has 14 heavy (non-hydrogen) atoms. The number of ether oxygens (including phenoxy) is 4. The Morgan fingerprint density at radius 1 is 1.36 bits per heavy atom. The summed E-state index contributed by atoms with van der Waals surface area (Å²) in [5, 5.41) is 0.506. The lowest BCUT2D eigenvalue weighted by Gasteiger charge is -2.34. The molecule has 1 aliphatic rings. The van der Waals surface area contributed by atoms with Gasteiger partial charge in [-0.1, -0.05) is 11.6 Å². The van der Waals surface area contributed by atoms with Crippen LogP contribution < -0.4 is 0 Å². The van der Waals surface area contributed by atoms with E-state index < -0.39 is 0 Å². The maximum atomic E-state index is 5.91. The number of hydrogen-bond donors (Lipinski definition) is 0. The van der Waals surface area contributed by atoms with Crippen LogP contribution in [0.4, 0.5) is 0 Å². The summed E-state index contributed by atoms with van der Waals surface area (Å²) < 4.78 is 20.8. The second-order valence-corrected chi connectivity index (χ2v) is 3.43. The first-order chi connectivity index (χ1) is 6.74. The predicted octanol–water partition coefficient (Wildman–Crippen LogP) is 1.14. The first-order valence-electron chi connectivity index (χ1n) is 4.30. The first-order valence-corrected chi connectivity index (χ1v) is 4.68. The monoisotopic (exact) mass is 222 g/mol. The SMILES string of the molecule is COC[C@H]1OC=C(Cl)[C@@H](OC)[C@@H]1OC. The summed E-state index contributed by atoms with van der Waals surface area (Å²) in [5.74, 6) is 0. The molecule has 0 aromatic heterocycles. The maximum absolute atomic E-state index is 5.91. The van der Waals surface area contributed by atoms with Crippen molar-refractivity contribution in [1.82, 2.24) is 0 Å². The molecule has 0 unspecified atom stereocenters. The van der Waals surface area contributed by atoms with Crippen LogP contribution in [0.1, 0.15) is 0 Å². The molecular weight excluding hydrogens is 208 g/mol. The highest BCUT2D eigenvalue weighted by molar-refractivity contribution is 6.30. The molecule has 82 valence electrons. The number of methoxy groups -OCH3 is 3. The second kappa shape index (κ2) is 5.56. The lowest BCUT2D eigenvalue weighted by molar-refractivity contribution is -0.115. The predicted molar refractivity (Wildman–Crippen MR) is 52.3 cm³/mol. The zero-order chi connectivity index (χ0) is 10.6. The van der Waals surface area contributed by atoms with E-state index in [1.807, 2.05) is 0 Å². The van der Waals surface area contributed by atoms with Crippen LogP contribution >= 0.6 is 11.6 Å². The van der Waals surface area contributed by atoms with E-state index in [0.29, 0.717) is 11.6 Å². The molecule has 4 nitrogen and oxygen atoms in total. The summed E-state index contributed by atoms with van der Waals surface area (Å²) in [7, 11) is 4.79. The van der Waals surface area contributed by atoms with Crippen LogP contribution in [0.2, 0.25) is 0 Å². The van der Waals surface area contributed by atoms with Crippen LogP contribution in [0.5, 0.6) is 0 Å². The van der Waals surface area contributed by atoms with Crippen LogP contribution in [0, 0.1) is 0 Å². The third-order valence-corrected chi connectivity index (χ3v) is 2.45. The molecule has 0 spiro atoms. The zero-order valence-corrected chi connectivity index (χ0v) is 9.28. The summed E-state index contributed by atoms with van der Waals surface area (Å²) in [6.45, 7) is 0.443. The van der Waals surface area contributed by atoms with E-state index in [1.165, 1.54) is 6.26 Å². The zero-order valence-electron chi connectivity index (χ0n) is 8.53. The van der Waals surface area contributed by atoms with Crippen molar-refractivity contribution in [2.24, 2.45) is 0 Å². The van der Waals surface area contributed by atoms with Gasteiger partial charge in [-0.3, -0.25) is 0 Å². The van der Waals surface area contributed by atoms with E-state index in [1.54, 1.807) is 21.3 Å². The van der Waals surface area contributed by atoms with Crippen molar-refractivity contribution in [2.45, 2.75) is 18.3 Å². The van der Waals surface area contributed by atoms with Crippen molar-refractivity contribution in [2.75, 3.05) is 27.9 Å². The van der Waals surface area contributed by atoms with E-state index in [-0.39, 0.29) is 18.3 Å². The molecule has 0 saturated carbocycles. The second-order valence-electron chi connectivity index (χ2n) is 2.99. The molecule has 0 amide bonds. The summed E-state index contributed by atoms with van der Waals surface area (Å²) in [6.07, 6.45) is 0.778. The molecule has 0 aromatic carbocycles. The molecule has 1 heterocycles. The standard InChI is InChI=1S/C9H15ClO4/c1-11-5-7-9(13-3)8(12-2)6(10)4-14-7/h4,7-9H,5H2,1-3H3/t7-,8-,9-/m1/s1. The van der Waals surface area contributed by atoms with Gasteiger partial charge in [-0.05, 0) is 0 Å². The van der Waals surface area contributed by atoms with Gasteiger partial charge in [-0.25, -0.2) is 0 Å². The number of rotatable bonds is 4. The Morgan fingerprint density at radius 2 is 2.07 bits per heavy atom. The molecule has 0 radical (unpaired) electrons. The van der Waals surface area contributed by atoms with Gasteiger partial charge in [0.2, 0.25) is 0 Å². The van der Waals surface area contributed by atoms with E-state index in [9.17, 15) is 0 Å². The van der Waals surface area contributed by atoms with E-state index in [2.05, 4.69) is 0 Å². The fourth-order valence-corrected chi connectivity index (χ4v) is 1.73. The Labute approximate surface area is 88.7 Å². The van der Waals surface area contributed by atoms with Gasteiger partial charge in [0.1, 0.15) is 24.6 Å². The number of hydrogen-bond acceptors (Lipinski definition) is 4. The van der Waals surface area contributed by atoms with Gasteiger partial charge >= 0.3 is 0 Å². The van der Waals surface area contributed by atoms with Gasteiger partial charge in [0.05, 0.1) is 11.6 Å². The molecule has 1 aliphatic heterocycles. The molecule has 0 aromatic rings. The van der Waals surface area contributed by atoms with Crippen molar-refractivity contribution >= 4 is 11.6 Å².